The van der Waals surface area contributed by atoms with Gasteiger partial charge in [0.1, 0.15) is 11.2 Å². The van der Waals surface area contributed by atoms with Gasteiger partial charge in [-0.05, 0) is 43.5 Å². The largest absolute Gasteiger partial charge is 0.496 e. The van der Waals surface area contributed by atoms with Crippen LogP contribution in [0.2, 0.25) is 0 Å². The molecule has 6 heteroatoms. The van der Waals surface area contributed by atoms with Crippen LogP contribution < -0.4 is 4.74 Å². The summed E-state index contributed by atoms with van der Waals surface area (Å²) in [5, 5.41) is 19.9. The molecular weight excluding hydrogens is 310 g/mol. The molecule has 24 heavy (non-hydrogen) atoms. The van der Waals surface area contributed by atoms with Gasteiger partial charge in [-0.3, -0.25) is 9.59 Å². The predicted octanol–water partition coefficient (Wildman–Crippen LogP) is 2.08. The molecule has 6 nitrogen and oxygen atoms in total. The number of methoxy groups -OCH3 is 1. The summed E-state index contributed by atoms with van der Waals surface area (Å²) in [6, 6.07) is 5.16. The van der Waals surface area contributed by atoms with Crippen molar-refractivity contribution in [2.45, 2.75) is 39.2 Å². The predicted molar refractivity (Wildman–Crippen MR) is 89.2 cm³/mol. The third-order valence-corrected chi connectivity index (χ3v) is 4.83. The molecule has 2 rings (SSSR count). The second kappa shape index (κ2) is 7.21. The Balaban J connectivity index is 2.27. The molecule has 1 fully saturated rings. The molecule has 1 aliphatic rings. The number of carbonyl (C=O) groups excluding carboxylic acids is 1. The van der Waals surface area contributed by atoms with Gasteiger partial charge in [0.25, 0.3) is 5.91 Å². The topological polar surface area (TPSA) is 87.1 Å². The number of nitrogens with zero attached hydrogens (tertiary/aromatic N) is 1. The van der Waals surface area contributed by atoms with Crippen molar-refractivity contribution >= 4 is 11.9 Å². The highest BCUT2D eigenvalue weighted by Gasteiger charge is 2.49. The van der Waals surface area contributed by atoms with Gasteiger partial charge in [0.2, 0.25) is 0 Å². The maximum Gasteiger partial charge on any atom is 0.314 e. The fourth-order valence-corrected chi connectivity index (χ4v) is 3.46. The summed E-state index contributed by atoms with van der Waals surface area (Å²) >= 11 is 0. The Morgan fingerprint density at radius 3 is 2.67 bits per heavy atom. The van der Waals surface area contributed by atoms with Gasteiger partial charge in [-0.25, -0.2) is 0 Å². The van der Waals surface area contributed by atoms with Gasteiger partial charge >= 0.3 is 5.97 Å². The molecule has 0 unspecified atom stereocenters. The zero-order valence-corrected chi connectivity index (χ0v) is 14.4. The SMILES string of the molecule is CCC[C@@]1(C(=O)O)CN(C(=O)c2ccc(OC)c(C)c2)CC[C@H]1O. The molecule has 0 radical (unpaired) electrons. The van der Waals surface area contributed by atoms with E-state index in [1.165, 1.54) is 4.90 Å². The molecule has 1 aromatic rings. The maximum absolute atomic E-state index is 12.8. The second-order valence-corrected chi connectivity index (χ2v) is 6.43. The number of piperidine rings is 1. The average Bonchev–Trinajstić information content (AvgIpc) is 2.56. The number of amides is 1. The van der Waals surface area contributed by atoms with Gasteiger partial charge < -0.3 is 19.8 Å². The third-order valence-electron chi connectivity index (χ3n) is 4.83. The first-order chi connectivity index (χ1) is 11.4. The Morgan fingerprint density at radius 2 is 2.12 bits per heavy atom. The van der Waals surface area contributed by atoms with E-state index in [0.29, 0.717) is 30.7 Å². The Labute approximate surface area is 142 Å². The van der Waals surface area contributed by atoms with Crippen LogP contribution in [-0.2, 0) is 4.79 Å². The smallest absolute Gasteiger partial charge is 0.314 e. The van der Waals surface area contributed by atoms with E-state index in [4.69, 9.17) is 4.74 Å². The van der Waals surface area contributed by atoms with Gasteiger partial charge in [0, 0.05) is 18.7 Å². The summed E-state index contributed by atoms with van der Waals surface area (Å²) in [6.07, 6.45) is 0.311. The van der Waals surface area contributed by atoms with Crippen molar-refractivity contribution in [3.8, 4) is 5.75 Å². The van der Waals surface area contributed by atoms with Crippen LogP contribution in [0.1, 0.15) is 42.1 Å². The highest BCUT2D eigenvalue weighted by molar-refractivity contribution is 5.95. The second-order valence-electron chi connectivity index (χ2n) is 6.43. The van der Waals surface area contributed by atoms with E-state index in [1.54, 1.807) is 25.3 Å². The normalized spacial score (nSPS) is 23.8. The van der Waals surface area contributed by atoms with Crippen LogP contribution in [0.5, 0.6) is 5.75 Å². The average molecular weight is 335 g/mol. The molecule has 0 bridgehead atoms. The number of aryl methyl sites for hydroxylation is 1. The molecule has 1 amide bonds. The number of carboxylic acids is 1. The molecule has 2 N–H and O–H groups in total. The highest BCUT2D eigenvalue weighted by Crippen LogP contribution is 2.36. The van der Waals surface area contributed by atoms with E-state index in [0.717, 1.165) is 5.56 Å². The van der Waals surface area contributed by atoms with Crippen LogP contribution in [0.4, 0.5) is 0 Å². The molecule has 1 saturated heterocycles. The number of ether oxygens (including phenoxy) is 1. The lowest BCUT2D eigenvalue weighted by Crippen LogP contribution is -2.57. The van der Waals surface area contributed by atoms with E-state index in [-0.39, 0.29) is 18.9 Å². The Hall–Kier alpha value is -2.08. The van der Waals surface area contributed by atoms with Crippen molar-refractivity contribution in [1.29, 1.82) is 0 Å². The molecule has 0 saturated carbocycles. The number of aliphatic hydroxyl groups excluding tert-OH is 1. The van der Waals surface area contributed by atoms with Crippen molar-refractivity contribution < 1.29 is 24.5 Å². The molecule has 0 aromatic heterocycles. The number of aliphatic carboxylic acids is 1. The fraction of sp³-hybridized carbons (Fsp3) is 0.556. The first-order valence-corrected chi connectivity index (χ1v) is 8.21. The van der Waals surface area contributed by atoms with E-state index in [9.17, 15) is 19.8 Å². The molecule has 0 aliphatic carbocycles. The van der Waals surface area contributed by atoms with Crippen LogP contribution >= 0.6 is 0 Å². The first-order valence-electron chi connectivity index (χ1n) is 8.21. The van der Waals surface area contributed by atoms with E-state index >= 15 is 0 Å². The minimum atomic E-state index is -1.29. The zero-order chi connectivity index (χ0) is 17.9. The minimum absolute atomic E-state index is 0.0290. The molecule has 1 aromatic carbocycles. The summed E-state index contributed by atoms with van der Waals surface area (Å²) in [6.45, 7) is 4.12. The van der Waals surface area contributed by atoms with E-state index < -0.39 is 17.5 Å². The van der Waals surface area contributed by atoms with Crippen molar-refractivity contribution in [3.05, 3.63) is 29.3 Å². The van der Waals surface area contributed by atoms with Crippen molar-refractivity contribution in [1.82, 2.24) is 4.90 Å². The lowest BCUT2D eigenvalue weighted by molar-refractivity contribution is -0.162. The Morgan fingerprint density at radius 1 is 1.42 bits per heavy atom. The van der Waals surface area contributed by atoms with Crippen LogP contribution in [-0.4, -0.2) is 53.3 Å². The zero-order valence-electron chi connectivity index (χ0n) is 14.4. The summed E-state index contributed by atoms with van der Waals surface area (Å²) in [5.41, 5.74) is 0.0587. The number of benzene rings is 1. The van der Waals surface area contributed by atoms with E-state index in [2.05, 4.69) is 0 Å². The number of hydrogen-bond acceptors (Lipinski definition) is 4. The monoisotopic (exact) mass is 335 g/mol. The Bertz CT molecular complexity index is 630. The van der Waals surface area contributed by atoms with Gasteiger partial charge in [-0.2, -0.15) is 0 Å². The molecular formula is C18H25NO5. The highest BCUT2D eigenvalue weighted by atomic mass is 16.5. The lowest BCUT2D eigenvalue weighted by atomic mass is 9.74. The van der Waals surface area contributed by atoms with Crippen LogP contribution in [0.3, 0.4) is 0 Å². The molecule has 2 atom stereocenters. The summed E-state index contributed by atoms with van der Waals surface area (Å²) in [4.78, 5) is 26.1. The fourth-order valence-electron chi connectivity index (χ4n) is 3.46. The molecule has 0 spiro atoms. The van der Waals surface area contributed by atoms with Crippen molar-refractivity contribution in [2.24, 2.45) is 5.41 Å². The van der Waals surface area contributed by atoms with Gasteiger partial charge in [0.15, 0.2) is 0 Å². The summed E-state index contributed by atoms with van der Waals surface area (Å²) in [5.74, 6) is -0.555. The van der Waals surface area contributed by atoms with Crippen LogP contribution in [0, 0.1) is 12.3 Å². The van der Waals surface area contributed by atoms with E-state index in [1.807, 2.05) is 13.8 Å². The van der Waals surface area contributed by atoms with Gasteiger partial charge in [-0.1, -0.05) is 13.3 Å². The number of hydrogen-bond donors (Lipinski definition) is 2. The minimum Gasteiger partial charge on any atom is -0.496 e. The van der Waals surface area contributed by atoms with Crippen LogP contribution in [0.15, 0.2) is 18.2 Å². The van der Waals surface area contributed by atoms with Crippen molar-refractivity contribution in [3.63, 3.8) is 0 Å². The number of carboxylic acid groups (broad SMARTS) is 1. The lowest BCUT2D eigenvalue weighted by Gasteiger charge is -2.43. The van der Waals surface area contributed by atoms with Gasteiger partial charge in [0.05, 0.1) is 13.2 Å². The van der Waals surface area contributed by atoms with Crippen molar-refractivity contribution in [2.75, 3.05) is 20.2 Å². The summed E-state index contributed by atoms with van der Waals surface area (Å²) < 4.78 is 5.20. The number of rotatable bonds is 5. The van der Waals surface area contributed by atoms with Gasteiger partial charge in [-0.15, -0.1) is 0 Å². The quantitative estimate of drug-likeness (QED) is 0.860. The Kier molecular flexibility index (Phi) is 5.49. The number of carbonyl (C=O) groups is 2. The number of likely N-dealkylation sites (tertiary alicyclic amines) is 1. The molecule has 1 aliphatic heterocycles. The number of aliphatic hydroxyl groups is 1. The van der Waals surface area contributed by atoms with Crippen LogP contribution in [0.25, 0.3) is 0 Å². The first kappa shape index (κ1) is 18.3. The summed E-state index contributed by atoms with van der Waals surface area (Å²) in [7, 11) is 1.57. The maximum atomic E-state index is 12.8. The molecule has 132 valence electrons. The molecule has 1 heterocycles. The third kappa shape index (κ3) is 3.24. The standard InChI is InChI=1S/C18H25NO5/c1-4-8-18(17(22)23)11-19(9-7-15(18)20)16(21)13-5-6-14(24-3)12(2)10-13/h5-6,10,15,20H,4,7-9,11H2,1-3H3,(H,22,23)/t15-,18-/m1/s1.